The van der Waals surface area contributed by atoms with Gasteiger partial charge in [0.15, 0.2) is 0 Å². The summed E-state index contributed by atoms with van der Waals surface area (Å²) < 4.78 is 9.56. The van der Waals surface area contributed by atoms with Crippen LogP contribution >= 0.6 is 0 Å². The van der Waals surface area contributed by atoms with Crippen molar-refractivity contribution in [2.75, 3.05) is 0 Å². The van der Waals surface area contributed by atoms with Crippen LogP contribution in [0.5, 0.6) is 0 Å². The lowest BCUT2D eigenvalue weighted by atomic mass is 10.1. The molecule has 4 heteroatoms. The molecule has 1 aliphatic rings. The van der Waals surface area contributed by atoms with Crippen molar-refractivity contribution in [1.29, 1.82) is 0 Å². The number of hydrogen-bond donors (Lipinski definition) is 0. The Morgan fingerprint density at radius 2 is 0.875 bits per heavy atom. The summed E-state index contributed by atoms with van der Waals surface area (Å²) in [6, 6.07) is 20.8. The molecular weight excluding hydrogens is 232 g/mol. The van der Waals surface area contributed by atoms with Gasteiger partial charge < -0.3 is 8.23 Å². The van der Waals surface area contributed by atoms with Crippen molar-refractivity contribution in [2.45, 2.75) is 0 Å². The Kier molecular flexibility index (Phi) is 4.51. The molecule has 0 bridgehead atoms. The number of rotatable bonds is 1. The lowest BCUT2D eigenvalue weighted by Gasteiger charge is -2.10. The fourth-order valence-corrected chi connectivity index (χ4v) is 2.01. The second-order valence-electron chi connectivity index (χ2n) is 3.38. The first-order chi connectivity index (χ1) is 7.97. The molecule has 0 unspecified atom stereocenters. The van der Waals surface area contributed by atoms with E-state index in [9.17, 15) is 0 Å². The fourth-order valence-electron chi connectivity index (χ4n) is 1.34. The van der Waals surface area contributed by atoms with E-state index in [0.29, 0.717) is 0 Å². The second-order valence-corrected chi connectivity index (χ2v) is 7.11. The first-order valence-corrected chi connectivity index (χ1v) is 7.54. The average molecular weight is 246 g/mol. The van der Waals surface area contributed by atoms with Crippen molar-refractivity contribution in [3.8, 4) is 11.1 Å². The molecule has 0 aromatic heterocycles. The summed E-state index contributed by atoms with van der Waals surface area (Å²) in [5, 5.41) is 0. The van der Waals surface area contributed by atoms with Gasteiger partial charge in [-0.2, -0.15) is 0 Å². The molecule has 1 fully saturated rings. The molecule has 16 heavy (non-hydrogen) atoms. The molecule has 1 aliphatic heterocycles. The normalized spacial score (nSPS) is 16.2. The SMILES string of the molecule is O1[SiH2]O[SiH2]1.c1ccc(-c2ccccc2)cc1. The maximum atomic E-state index is 4.78. The topological polar surface area (TPSA) is 18.5 Å². The highest BCUT2D eigenvalue weighted by Crippen LogP contribution is 2.17. The van der Waals surface area contributed by atoms with E-state index in [2.05, 4.69) is 48.5 Å². The van der Waals surface area contributed by atoms with Gasteiger partial charge in [0.05, 0.1) is 0 Å². The van der Waals surface area contributed by atoms with Crippen LogP contribution in [0.3, 0.4) is 0 Å². The molecule has 1 heterocycles. The Morgan fingerprint density at radius 1 is 0.562 bits per heavy atom. The quantitative estimate of drug-likeness (QED) is 0.708. The van der Waals surface area contributed by atoms with E-state index >= 15 is 0 Å². The van der Waals surface area contributed by atoms with E-state index in [4.69, 9.17) is 8.23 Å². The van der Waals surface area contributed by atoms with Gasteiger partial charge in [0.2, 0.25) is 0 Å². The molecular formula is C12H14O2Si2. The molecule has 0 aliphatic carbocycles. The zero-order valence-electron chi connectivity index (χ0n) is 9.00. The minimum atomic E-state index is -0.333. The number of hydrogen-bond acceptors (Lipinski definition) is 2. The van der Waals surface area contributed by atoms with E-state index in [1.165, 1.54) is 11.1 Å². The van der Waals surface area contributed by atoms with Gasteiger partial charge in [0.1, 0.15) is 0 Å². The van der Waals surface area contributed by atoms with E-state index in [1.54, 1.807) is 0 Å². The number of benzene rings is 2. The van der Waals surface area contributed by atoms with Gasteiger partial charge in [-0.05, 0) is 11.1 Å². The van der Waals surface area contributed by atoms with Gasteiger partial charge >= 0.3 is 0 Å². The average Bonchev–Trinajstić information content (AvgIpc) is 2.29. The summed E-state index contributed by atoms with van der Waals surface area (Å²) in [5.74, 6) is 0. The zero-order valence-corrected chi connectivity index (χ0v) is 11.8. The van der Waals surface area contributed by atoms with Crippen LogP contribution in [-0.4, -0.2) is 20.0 Å². The predicted molar refractivity (Wildman–Crippen MR) is 71.1 cm³/mol. The predicted octanol–water partition coefficient (Wildman–Crippen LogP) is 1.38. The molecule has 0 radical (unpaired) electrons. The van der Waals surface area contributed by atoms with E-state index in [-0.39, 0.29) is 20.0 Å². The molecule has 2 aromatic carbocycles. The van der Waals surface area contributed by atoms with Crippen molar-refractivity contribution in [3.63, 3.8) is 0 Å². The zero-order chi connectivity index (χ0) is 11.1. The first kappa shape index (κ1) is 11.3. The van der Waals surface area contributed by atoms with Gasteiger partial charge in [-0.3, -0.25) is 0 Å². The van der Waals surface area contributed by atoms with Gasteiger partial charge in [0.25, 0.3) is 20.0 Å². The molecule has 0 saturated carbocycles. The smallest absolute Gasteiger partial charge is 0.286 e. The molecule has 2 nitrogen and oxygen atoms in total. The summed E-state index contributed by atoms with van der Waals surface area (Å²) in [6.07, 6.45) is 0. The minimum absolute atomic E-state index is 0.333. The molecule has 0 N–H and O–H groups in total. The Balaban J connectivity index is 0.000000203. The molecule has 0 amide bonds. The van der Waals surface area contributed by atoms with Crippen LogP contribution in [0.2, 0.25) is 0 Å². The Labute approximate surface area is 100 Å². The maximum absolute atomic E-state index is 4.78. The van der Waals surface area contributed by atoms with Gasteiger partial charge in [-0.1, -0.05) is 60.7 Å². The van der Waals surface area contributed by atoms with Crippen LogP contribution in [0.1, 0.15) is 0 Å². The van der Waals surface area contributed by atoms with Crippen LogP contribution in [0, 0.1) is 0 Å². The molecule has 3 rings (SSSR count). The van der Waals surface area contributed by atoms with Crippen LogP contribution in [0.15, 0.2) is 60.7 Å². The van der Waals surface area contributed by atoms with Gasteiger partial charge in [-0.25, -0.2) is 0 Å². The minimum Gasteiger partial charge on any atom is -0.425 e. The second kappa shape index (κ2) is 6.39. The highest BCUT2D eigenvalue weighted by atomic mass is 28.4. The molecule has 1 saturated heterocycles. The summed E-state index contributed by atoms with van der Waals surface area (Å²) in [6.45, 7) is 0. The van der Waals surface area contributed by atoms with Crippen molar-refractivity contribution >= 4 is 20.0 Å². The third-order valence-corrected chi connectivity index (χ3v) is 4.88. The van der Waals surface area contributed by atoms with E-state index in [1.807, 2.05) is 12.1 Å². The summed E-state index contributed by atoms with van der Waals surface area (Å²) in [7, 11) is -0.667. The highest BCUT2D eigenvalue weighted by Gasteiger charge is 1.96. The first-order valence-electron chi connectivity index (χ1n) is 5.23. The maximum Gasteiger partial charge on any atom is 0.286 e. The molecule has 0 atom stereocenters. The lowest BCUT2D eigenvalue weighted by molar-refractivity contribution is 0.346. The monoisotopic (exact) mass is 246 g/mol. The van der Waals surface area contributed by atoms with Crippen molar-refractivity contribution in [1.82, 2.24) is 0 Å². The van der Waals surface area contributed by atoms with Crippen LogP contribution in [-0.2, 0) is 8.23 Å². The highest BCUT2D eigenvalue weighted by molar-refractivity contribution is 6.49. The van der Waals surface area contributed by atoms with Gasteiger partial charge in [-0.15, -0.1) is 0 Å². The van der Waals surface area contributed by atoms with Gasteiger partial charge in [0, 0.05) is 0 Å². The van der Waals surface area contributed by atoms with Crippen LogP contribution in [0.4, 0.5) is 0 Å². The van der Waals surface area contributed by atoms with Crippen LogP contribution < -0.4 is 0 Å². The fraction of sp³-hybridized carbons (Fsp3) is 0. The largest absolute Gasteiger partial charge is 0.425 e. The lowest BCUT2D eigenvalue weighted by Crippen LogP contribution is -2.23. The summed E-state index contributed by atoms with van der Waals surface area (Å²) in [5.41, 5.74) is 2.55. The molecule has 82 valence electrons. The third-order valence-electron chi connectivity index (χ3n) is 2.21. The van der Waals surface area contributed by atoms with Crippen LogP contribution in [0.25, 0.3) is 11.1 Å². The Hall–Kier alpha value is -1.21. The Morgan fingerprint density at radius 3 is 1.12 bits per heavy atom. The molecule has 0 spiro atoms. The summed E-state index contributed by atoms with van der Waals surface area (Å²) >= 11 is 0. The summed E-state index contributed by atoms with van der Waals surface area (Å²) in [4.78, 5) is 0. The van der Waals surface area contributed by atoms with Crippen molar-refractivity contribution in [3.05, 3.63) is 60.7 Å². The third kappa shape index (κ3) is 3.43. The van der Waals surface area contributed by atoms with E-state index < -0.39 is 0 Å². The Bertz CT molecular complexity index is 360. The van der Waals surface area contributed by atoms with Crippen molar-refractivity contribution < 1.29 is 8.23 Å². The van der Waals surface area contributed by atoms with E-state index in [0.717, 1.165) is 0 Å². The van der Waals surface area contributed by atoms with Crippen molar-refractivity contribution in [2.24, 2.45) is 0 Å². The standard InChI is InChI=1S/C12H10.H4O2Si2/c1-3-7-11(8-4-1)12-9-5-2-6-10-12;1-3-2-4-1/h1-10H;3-4H2. The molecule has 2 aromatic rings.